The summed E-state index contributed by atoms with van der Waals surface area (Å²) in [5.41, 5.74) is 7.46. The standard InChI is InChI=1S/2C18H16BrNO/c2*1-2-18(21)20-11-14-8-9-15(19)10-16(14)17(12-20)13-6-4-3-5-7-13/h2*2-10,17H,1,11-12H2/t2*17-/m10/s1. The van der Waals surface area contributed by atoms with Crippen LogP contribution in [0, 0.1) is 0 Å². The highest BCUT2D eigenvalue weighted by Gasteiger charge is 2.29. The summed E-state index contributed by atoms with van der Waals surface area (Å²) in [6.45, 7) is 9.89. The van der Waals surface area contributed by atoms with Gasteiger partial charge < -0.3 is 9.80 Å². The van der Waals surface area contributed by atoms with E-state index in [1.807, 2.05) is 58.3 Å². The average molecular weight is 684 g/mol. The molecule has 4 aromatic carbocycles. The highest BCUT2D eigenvalue weighted by Crippen LogP contribution is 2.36. The number of amides is 2. The van der Waals surface area contributed by atoms with Crippen LogP contribution in [0.3, 0.4) is 0 Å². The Kier molecular flexibility index (Phi) is 9.55. The number of nitrogens with zero attached hydrogens (tertiary/aromatic N) is 2. The van der Waals surface area contributed by atoms with Crippen molar-refractivity contribution < 1.29 is 9.59 Å². The van der Waals surface area contributed by atoms with Crippen molar-refractivity contribution in [2.24, 2.45) is 0 Å². The van der Waals surface area contributed by atoms with E-state index in [1.54, 1.807) is 0 Å². The number of halogens is 2. The number of benzene rings is 4. The summed E-state index contributed by atoms with van der Waals surface area (Å²) in [6, 6.07) is 33.3. The number of hydrogen-bond donors (Lipinski definition) is 0. The molecule has 0 aromatic heterocycles. The molecular formula is C36H32Br2N2O2. The zero-order chi connectivity index (χ0) is 29.6. The number of rotatable bonds is 4. The lowest BCUT2D eigenvalue weighted by molar-refractivity contribution is -0.127. The lowest BCUT2D eigenvalue weighted by atomic mass is 9.84. The van der Waals surface area contributed by atoms with Crippen LogP contribution in [0.4, 0.5) is 0 Å². The van der Waals surface area contributed by atoms with Crippen LogP contribution in [-0.4, -0.2) is 34.7 Å². The molecule has 6 rings (SSSR count). The normalized spacial score (nSPS) is 17.2. The van der Waals surface area contributed by atoms with E-state index in [4.69, 9.17) is 0 Å². The van der Waals surface area contributed by atoms with E-state index in [2.05, 4.69) is 93.5 Å². The van der Waals surface area contributed by atoms with Gasteiger partial charge in [-0.05, 0) is 69.8 Å². The summed E-state index contributed by atoms with van der Waals surface area (Å²) in [4.78, 5) is 27.8. The van der Waals surface area contributed by atoms with Gasteiger partial charge in [-0.25, -0.2) is 0 Å². The Labute approximate surface area is 264 Å². The average Bonchev–Trinajstić information content (AvgIpc) is 3.04. The molecule has 0 fully saturated rings. The van der Waals surface area contributed by atoms with Gasteiger partial charge in [0.1, 0.15) is 0 Å². The van der Waals surface area contributed by atoms with Crippen molar-refractivity contribution in [3.63, 3.8) is 0 Å². The lowest BCUT2D eigenvalue weighted by Gasteiger charge is -2.34. The van der Waals surface area contributed by atoms with Crippen LogP contribution in [0.5, 0.6) is 0 Å². The fourth-order valence-electron chi connectivity index (χ4n) is 5.78. The molecule has 0 spiro atoms. The minimum Gasteiger partial charge on any atom is -0.334 e. The maximum absolute atomic E-state index is 12.0. The van der Waals surface area contributed by atoms with Crippen LogP contribution in [-0.2, 0) is 22.7 Å². The van der Waals surface area contributed by atoms with Crippen LogP contribution in [0.1, 0.15) is 45.2 Å². The van der Waals surface area contributed by atoms with Gasteiger partial charge in [0.2, 0.25) is 11.8 Å². The molecule has 212 valence electrons. The zero-order valence-electron chi connectivity index (χ0n) is 23.3. The first kappa shape index (κ1) is 29.7. The molecule has 0 saturated heterocycles. The van der Waals surface area contributed by atoms with E-state index in [1.165, 1.54) is 45.5 Å². The van der Waals surface area contributed by atoms with Crippen molar-refractivity contribution in [3.8, 4) is 0 Å². The topological polar surface area (TPSA) is 40.6 Å². The molecule has 0 unspecified atom stereocenters. The molecule has 2 atom stereocenters. The Hall–Kier alpha value is -3.74. The molecule has 2 aliphatic rings. The minimum atomic E-state index is -0.00972. The van der Waals surface area contributed by atoms with E-state index in [0.717, 1.165) is 8.95 Å². The quantitative estimate of drug-likeness (QED) is 0.204. The Morgan fingerprint density at radius 1 is 0.619 bits per heavy atom. The highest BCUT2D eigenvalue weighted by molar-refractivity contribution is 9.10. The molecule has 0 saturated carbocycles. The predicted molar refractivity (Wildman–Crippen MR) is 176 cm³/mol. The zero-order valence-corrected chi connectivity index (χ0v) is 26.4. The van der Waals surface area contributed by atoms with Crippen molar-refractivity contribution in [3.05, 3.63) is 165 Å². The van der Waals surface area contributed by atoms with Gasteiger partial charge in [-0.1, -0.05) is 118 Å². The van der Waals surface area contributed by atoms with Gasteiger partial charge in [-0.3, -0.25) is 9.59 Å². The third kappa shape index (κ3) is 6.66. The fraction of sp³-hybridized carbons (Fsp3) is 0.167. The molecule has 0 bridgehead atoms. The maximum atomic E-state index is 12.0. The molecule has 42 heavy (non-hydrogen) atoms. The number of carbonyl (C=O) groups is 2. The number of hydrogen-bond acceptors (Lipinski definition) is 2. The fourth-order valence-corrected chi connectivity index (χ4v) is 6.54. The summed E-state index contributed by atoms with van der Waals surface area (Å²) >= 11 is 7.10. The van der Waals surface area contributed by atoms with Crippen molar-refractivity contribution in [1.29, 1.82) is 0 Å². The minimum absolute atomic E-state index is 0.00972. The molecule has 2 amide bonds. The SMILES string of the molecule is C=CC(=O)N1Cc2ccc(Br)cc2[C@@H](c2ccccc2)C1.C=CC(=O)N1Cc2ccc(Br)cc2[C@H](c2ccccc2)C1. The van der Waals surface area contributed by atoms with E-state index < -0.39 is 0 Å². The maximum Gasteiger partial charge on any atom is 0.246 e. The smallest absolute Gasteiger partial charge is 0.246 e. The van der Waals surface area contributed by atoms with Crippen LogP contribution in [0.25, 0.3) is 0 Å². The van der Waals surface area contributed by atoms with Crippen LogP contribution in [0.15, 0.2) is 131 Å². The molecule has 0 radical (unpaired) electrons. The van der Waals surface area contributed by atoms with Gasteiger partial charge in [-0.15, -0.1) is 0 Å². The Morgan fingerprint density at radius 3 is 1.36 bits per heavy atom. The number of carbonyl (C=O) groups excluding carboxylic acids is 2. The van der Waals surface area contributed by atoms with Crippen molar-refractivity contribution in [2.75, 3.05) is 13.1 Å². The second kappa shape index (κ2) is 13.5. The molecule has 2 aliphatic heterocycles. The van der Waals surface area contributed by atoms with Crippen LogP contribution >= 0.6 is 31.9 Å². The number of fused-ring (bicyclic) bond motifs is 2. The molecule has 4 nitrogen and oxygen atoms in total. The van der Waals surface area contributed by atoms with Crippen molar-refractivity contribution in [2.45, 2.75) is 24.9 Å². The molecular weight excluding hydrogens is 652 g/mol. The molecule has 0 aliphatic carbocycles. The van der Waals surface area contributed by atoms with E-state index in [-0.39, 0.29) is 23.7 Å². The summed E-state index contributed by atoms with van der Waals surface area (Å²) < 4.78 is 2.15. The van der Waals surface area contributed by atoms with E-state index in [0.29, 0.717) is 26.2 Å². The summed E-state index contributed by atoms with van der Waals surface area (Å²) in [7, 11) is 0. The summed E-state index contributed by atoms with van der Waals surface area (Å²) in [6.07, 6.45) is 2.79. The second-order valence-corrected chi connectivity index (χ2v) is 12.3. The summed E-state index contributed by atoms with van der Waals surface area (Å²) in [5, 5.41) is 0. The first-order valence-electron chi connectivity index (χ1n) is 13.9. The van der Waals surface area contributed by atoms with E-state index in [9.17, 15) is 9.59 Å². The molecule has 4 aromatic rings. The van der Waals surface area contributed by atoms with Crippen LogP contribution < -0.4 is 0 Å². The Bertz CT molecular complexity index is 1480. The van der Waals surface area contributed by atoms with Gasteiger partial charge in [-0.2, -0.15) is 0 Å². The van der Waals surface area contributed by atoms with Crippen molar-refractivity contribution in [1.82, 2.24) is 9.80 Å². The molecule has 2 heterocycles. The molecule has 0 N–H and O–H groups in total. The lowest BCUT2D eigenvalue weighted by Crippen LogP contribution is -2.37. The Balaban J connectivity index is 0.000000168. The monoisotopic (exact) mass is 682 g/mol. The highest BCUT2D eigenvalue weighted by atomic mass is 79.9. The Morgan fingerprint density at radius 2 is 1.00 bits per heavy atom. The largest absolute Gasteiger partial charge is 0.334 e. The first-order valence-corrected chi connectivity index (χ1v) is 15.5. The second-order valence-electron chi connectivity index (χ2n) is 10.5. The first-order chi connectivity index (χ1) is 20.4. The van der Waals surface area contributed by atoms with Gasteiger partial charge in [0.25, 0.3) is 0 Å². The molecule has 6 heteroatoms. The van der Waals surface area contributed by atoms with E-state index >= 15 is 0 Å². The van der Waals surface area contributed by atoms with Crippen LogP contribution in [0.2, 0.25) is 0 Å². The van der Waals surface area contributed by atoms with Crippen molar-refractivity contribution >= 4 is 43.7 Å². The summed E-state index contributed by atoms with van der Waals surface area (Å²) in [5.74, 6) is 0.390. The third-order valence-electron chi connectivity index (χ3n) is 7.87. The van der Waals surface area contributed by atoms with Gasteiger partial charge >= 0.3 is 0 Å². The van der Waals surface area contributed by atoms with Gasteiger partial charge in [0.05, 0.1) is 0 Å². The third-order valence-corrected chi connectivity index (χ3v) is 8.86. The van der Waals surface area contributed by atoms with Gasteiger partial charge in [0, 0.05) is 47.0 Å². The predicted octanol–water partition coefficient (Wildman–Crippen LogP) is 8.22. The van der Waals surface area contributed by atoms with Gasteiger partial charge in [0.15, 0.2) is 0 Å².